The molecule has 1 aromatic heterocycles. The van der Waals surface area contributed by atoms with Crippen molar-refractivity contribution < 1.29 is 4.74 Å². The Morgan fingerprint density at radius 1 is 1.07 bits per heavy atom. The molecule has 1 aliphatic rings. The zero-order chi connectivity index (χ0) is 18.5. The van der Waals surface area contributed by atoms with Crippen molar-refractivity contribution in [3.8, 4) is 0 Å². The number of nitrogens with zero attached hydrogens (tertiary/aromatic N) is 1. The van der Waals surface area contributed by atoms with Crippen LogP contribution in [0.5, 0.6) is 0 Å². The van der Waals surface area contributed by atoms with Gasteiger partial charge in [-0.25, -0.2) is 4.98 Å². The molecule has 6 heteroatoms. The summed E-state index contributed by atoms with van der Waals surface area (Å²) >= 11 is 5.33. The van der Waals surface area contributed by atoms with E-state index in [1.807, 2.05) is 24.3 Å². The third-order valence-corrected chi connectivity index (χ3v) is 4.80. The molecule has 0 radical (unpaired) electrons. The molecule has 27 heavy (non-hydrogen) atoms. The van der Waals surface area contributed by atoms with Crippen molar-refractivity contribution in [2.75, 3.05) is 23.8 Å². The van der Waals surface area contributed by atoms with Gasteiger partial charge in [0.25, 0.3) is 0 Å². The van der Waals surface area contributed by atoms with Crippen molar-refractivity contribution in [2.45, 2.75) is 18.9 Å². The van der Waals surface area contributed by atoms with Gasteiger partial charge in [-0.3, -0.25) is 0 Å². The molecule has 5 nitrogen and oxygen atoms in total. The number of benzene rings is 2. The fraction of sp³-hybridized carbons (Fsp3) is 0.238. The van der Waals surface area contributed by atoms with E-state index >= 15 is 0 Å². The molecule has 0 aliphatic carbocycles. The van der Waals surface area contributed by atoms with Gasteiger partial charge < -0.3 is 20.7 Å². The molecule has 0 bridgehead atoms. The lowest BCUT2D eigenvalue weighted by Crippen LogP contribution is -2.34. The Bertz CT molecular complexity index is 923. The van der Waals surface area contributed by atoms with Crippen molar-refractivity contribution in [1.82, 2.24) is 10.3 Å². The van der Waals surface area contributed by atoms with Gasteiger partial charge in [-0.15, -0.1) is 0 Å². The third kappa shape index (κ3) is 4.72. The molecule has 0 saturated carbocycles. The van der Waals surface area contributed by atoms with Gasteiger partial charge in [0.2, 0.25) is 0 Å². The van der Waals surface area contributed by atoms with E-state index in [0.717, 1.165) is 43.2 Å². The van der Waals surface area contributed by atoms with Crippen LogP contribution < -0.4 is 16.0 Å². The highest BCUT2D eigenvalue weighted by Gasteiger charge is 2.15. The molecule has 1 atom stereocenters. The van der Waals surface area contributed by atoms with Gasteiger partial charge >= 0.3 is 0 Å². The first-order chi connectivity index (χ1) is 13.3. The number of thiocarbonyl (C=S) groups is 1. The number of anilines is 3. The average Bonchev–Trinajstić information content (AvgIpc) is 3.22. The SMILES string of the molecule is S=C(NC[C@@H]1CCCO1)Nc1ccc(Nc2ccc3ccccc3c2)nc1. The number of hydrogen-bond acceptors (Lipinski definition) is 4. The number of pyridine rings is 1. The van der Waals surface area contributed by atoms with Crippen LogP contribution in [0.15, 0.2) is 60.8 Å². The van der Waals surface area contributed by atoms with Crippen LogP contribution in [-0.4, -0.2) is 29.4 Å². The lowest BCUT2D eigenvalue weighted by molar-refractivity contribution is 0.114. The summed E-state index contributed by atoms with van der Waals surface area (Å²) in [6, 6.07) is 18.5. The molecular weight excluding hydrogens is 356 g/mol. The van der Waals surface area contributed by atoms with Gasteiger partial charge in [-0.05, 0) is 60.1 Å². The lowest BCUT2D eigenvalue weighted by atomic mass is 10.1. The number of nitrogens with one attached hydrogen (secondary N) is 3. The predicted molar refractivity (Wildman–Crippen MR) is 115 cm³/mol. The van der Waals surface area contributed by atoms with E-state index in [2.05, 4.69) is 51.3 Å². The first-order valence-corrected chi connectivity index (χ1v) is 9.55. The Kier molecular flexibility index (Phi) is 5.46. The largest absolute Gasteiger partial charge is 0.376 e. The number of rotatable bonds is 5. The van der Waals surface area contributed by atoms with E-state index < -0.39 is 0 Å². The van der Waals surface area contributed by atoms with Gasteiger partial charge in [-0.1, -0.05) is 30.3 Å². The summed E-state index contributed by atoms with van der Waals surface area (Å²) in [4.78, 5) is 4.46. The summed E-state index contributed by atoms with van der Waals surface area (Å²) in [5, 5.41) is 12.7. The van der Waals surface area contributed by atoms with Gasteiger partial charge in [0.15, 0.2) is 5.11 Å². The van der Waals surface area contributed by atoms with E-state index in [0.29, 0.717) is 5.11 Å². The molecule has 2 aromatic carbocycles. The fourth-order valence-corrected chi connectivity index (χ4v) is 3.35. The number of aromatic nitrogens is 1. The van der Waals surface area contributed by atoms with E-state index in [1.165, 1.54) is 10.8 Å². The summed E-state index contributed by atoms with van der Waals surface area (Å²) < 4.78 is 5.58. The molecular formula is C21H22N4OS. The topological polar surface area (TPSA) is 58.2 Å². The minimum absolute atomic E-state index is 0.261. The van der Waals surface area contributed by atoms with Crippen LogP contribution in [-0.2, 0) is 4.74 Å². The normalized spacial score (nSPS) is 16.2. The number of fused-ring (bicyclic) bond motifs is 1. The zero-order valence-corrected chi connectivity index (χ0v) is 15.8. The maximum absolute atomic E-state index is 5.58. The summed E-state index contributed by atoms with van der Waals surface area (Å²) in [6.45, 7) is 1.59. The molecule has 3 N–H and O–H groups in total. The van der Waals surface area contributed by atoms with E-state index in [4.69, 9.17) is 17.0 Å². The first-order valence-electron chi connectivity index (χ1n) is 9.15. The second-order valence-corrected chi connectivity index (χ2v) is 7.00. The molecule has 2 heterocycles. The second-order valence-electron chi connectivity index (χ2n) is 6.59. The molecule has 3 aromatic rings. The minimum atomic E-state index is 0.261. The third-order valence-electron chi connectivity index (χ3n) is 4.56. The molecule has 0 unspecified atom stereocenters. The van der Waals surface area contributed by atoms with E-state index in [1.54, 1.807) is 6.20 Å². The van der Waals surface area contributed by atoms with Gasteiger partial charge in [0.1, 0.15) is 5.82 Å². The smallest absolute Gasteiger partial charge is 0.170 e. The average molecular weight is 379 g/mol. The standard InChI is InChI=1S/C21H22N4OS/c27-21(23-14-19-6-3-11-26-19)25-18-9-10-20(22-13-18)24-17-8-7-15-4-1-2-5-16(15)12-17/h1-2,4-5,7-10,12-13,19H,3,6,11,14H2,(H,22,24)(H2,23,25,27)/t19-/m0/s1. The van der Waals surface area contributed by atoms with Crippen LogP contribution in [0, 0.1) is 0 Å². The van der Waals surface area contributed by atoms with Crippen molar-refractivity contribution >= 4 is 45.3 Å². The predicted octanol–water partition coefficient (Wildman–Crippen LogP) is 4.44. The fourth-order valence-electron chi connectivity index (χ4n) is 3.14. The second kappa shape index (κ2) is 8.33. The molecule has 1 fully saturated rings. The maximum Gasteiger partial charge on any atom is 0.170 e. The number of hydrogen-bond donors (Lipinski definition) is 3. The lowest BCUT2D eigenvalue weighted by Gasteiger charge is -2.14. The highest BCUT2D eigenvalue weighted by Crippen LogP contribution is 2.22. The molecule has 0 amide bonds. The highest BCUT2D eigenvalue weighted by molar-refractivity contribution is 7.80. The summed E-state index contributed by atoms with van der Waals surface area (Å²) in [5.74, 6) is 0.786. The Labute approximate surface area is 164 Å². The molecule has 138 valence electrons. The summed E-state index contributed by atoms with van der Waals surface area (Å²) in [6.07, 6.45) is 4.24. The minimum Gasteiger partial charge on any atom is -0.376 e. The van der Waals surface area contributed by atoms with Crippen molar-refractivity contribution in [2.24, 2.45) is 0 Å². The van der Waals surface area contributed by atoms with Crippen molar-refractivity contribution in [1.29, 1.82) is 0 Å². The quantitative estimate of drug-likeness (QED) is 0.571. The van der Waals surface area contributed by atoms with E-state index in [9.17, 15) is 0 Å². The van der Waals surface area contributed by atoms with Crippen LogP contribution >= 0.6 is 12.2 Å². The van der Waals surface area contributed by atoms with Gasteiger partial charge in [-0.2, -0.15) is 0 Å². The van der Waals surface area contributed by atoms with Crippen LogP contribution in [0.25, 0.3) is 10.8 Å². The molecule has 0 spiro atoms. The summed E-state index contributed by atoms with van der Waals surface area (Å²) in [7, 11) is 0. The molecule has 4 rings (SSSR count). The highest BCUT2D eigenvalue weighted by atomic mass is 32.1. The molecule has 1 aliphatic heterocycles. The van der Waals surface area contributed by atoms with Crippen LogP contribution in [0.1, 0.15) is 12.8 Å². The first kappa shape index (κ1) is 17.7. The Balaban J connectivity index is 1.33. The monoisotopic (exact) mass is 378 g/mol. The van der Waals surface area contributed by atoms with Crippen LogP contribution in [0.2, 0.25) is 0 Å². The Hall–Kier alpha value is -2.70. The van der Waals surface area contributed by atoms with Gasteiger partial charge in [0, 0.05) is 18.8 Å². The van der Waals surface area contributed by atoms with Crippen LogP contribution in [0.3, 0.4) is 0 Å². The van der Waals surface area contributed by atoms with E-state index in [-0.39, 0.29) is 6.10 Å². The maximum atomic E-state index is 5.58. The Morgan fingerprint density at radius 2 is 1.93 bits per heavy atom. The molecule has 1 saturated heterocycles. The Morgan fingerprint density at radius 3 is 2.70 bits per heavy atom. The zero-order valence-electron chi connectivity index (χ0n) is 14.9. The van der Waals surface area contributed by atoms with Gasteiger partial charge in [0.05, 0.1) is 18.0 Å². The number of ether oxygens (including phenoxy) is 1. The van der Waals surface area contributed by atoms with Crippen molar-refractivity contribution in [3.05, 3.63) is 60.8 Å². The van der Waals surface area contributed by atoms with Crippen LogP contribution in [0.4, 0.5) is 17.2 Å². The summed E-state index contributed by atoms with van der Waals surface area (Å²) in [5.41, 5.74) is 1.86. The van der Waals surface area contributed by atoms with Crippen molar-refractivity contribution in [3.63, 3.8) is 0 Å².